The first kappa shape index (κ1) is 53.6. The van der Waals surface area contributed by atoms with Gasteiger partial charge in [0.25, 0.3) is 0 Å². The van der Waals surface area contributed by atoms with Gasteiger partial charge >= 0.3 is 11.9 Å². The molecule has 1 aromatic heterocycles. The maximum Gasteiger partial charge on any atom is 0.326 e. The minimum atomic E-state index is -3.85. The minimum Gasteiger partial charge on any atom is -0.481 e. The molecule has 1 aromatic rings. The van der Waals surface area contributed by atoms with E-state index in [9.17, 15) is 52.2 Å². The molecule has 6 N–H and O–H groups in total. The summed E-state index contributed by atoms with van der Waals surface area (Å²) in [5.74, 6) is -5.77. The van der Waals surface area contributed by atoms with Crippen LogP contribution in [0.25, 0.3) is 0 Å². The third-order valence-corrected chi connectivity index (χ3v) is 10.8. The van der Waals surface area contributed by atoms with Crippen molar-refractivity contribution < 1.29 is 61.7 Å². The molecule has 20 nitrogen and oxygen atoms in total. The Morgan fingerprint density at radius 3 is 1.87 bits per heavy atom. The fourth-order valence-electron chi connectivity index (χ4n) is 6.08. The lowest BCUT2D eigenvalue weighted by molar-refractivity contribution is -0.145. The van der Waals surface area contributed by atoms with E-state index in [1.165, 1.54) is 51.9 Å². The van der Waals surface area contributed by atoms with E-state index in [-0.39, 0.29) is 95.4 Å². The number of aliphatic carboxylic acids is 2. The second kappa shape index (κ2) is 33.4. The van der Waals surface area contributed by atoms with Crippen molar-refractivity contribution in [2.75, 3.05) is 38.7 Å². The van der Waals surface area contributed by atoms with Gasteiger partial charge < -0.3 is 35.1 Å². The molecular formula is C39H67N7O13S. The second-order valence-electron chi connectivity index (χ2n) is 14.9. The van der Waals surface area contributed by atoms with Gasteiger partial charge in [-0.1, -0.05) is 75.8 Å². The summed E-state index contributed by atoms with van der Waals surface area (Å²) in [4.78, 5) is 82.6. The smallest absolute Gasteiger partial charge is 0.326 e. The normalized spacial score (nSPS) is 12.3. The number of hydrogen-bond donors (Lipinski definition) is 6. The number of Topliss-reactive ketones (excluding diaryl/α,β-unsaturated/α-hetero) is 2. The highest BCUT2D eigenvalue weighted by Gasteiger charge is 2.25. The fraction of sp³-hybridized carbons (Fsp3) is 0.795. The number of tetrazole rings is 1. The number of nitrogens with one attached hydrogen (secondary N) is 4. The van der Waals surface area contributed by atoms with E-state index < -0.39 is 57.9 Å². The van der Waals surface area contributed by atoms with Crippen LogP contribution in [-0.2, 0) is 59.5 Å². The summed E-state index contributed by atoms with van der Waals surface area (Å²) in [7, 11) is -3.85. The molecule has 0 saturated heterocycles. The molecule has 1 unspecified atom stereocenters. The number of carbonyl (C=O) groups is 7. The number of nitrogens with zero attached hydrogens (tertiary/aromatic N) is 3. The van der Waals surface area contributed by atoms with Crippen molar-refractivity contribution in [1.29, 1.82) is 0 Å². The first-order valence-electron chi connectivity index (χ1n) is 21.1. The average Bonchev–Trinajstić information content (AvgIpc) is 3.70. The number of aromatic amines is 1. The number of rotatable bonds is 40. The van der Waals surface area contributed by atoms with Crippen molar-refractivity contribution in [3.63, 3.8) is 0 Å². The van der Waals surface area contributed by atoms with Gasteiger partial charge in [-0.2, -0.15) is 5.21 Å². The molecule has 0 spiro atoms. The van der Waals surface area contributed by atoms with Gasteiger partial charge in [0, 0.05) is 45.1 Å². The molecule has 1 rings (SSSR count). The molecule has 0 bridgehead atoms. The summed E-state index contributed by atoms with van der Waals surface area (Å²) >= 11 is 0. The zero-order chi connectivity index (χ0) is 44.4. The first-order chi connectivity index (χ1) is 28.7. The topological polar surface area (TPSA) is 303 Å². The molecule has 0 fully saturated rings. The van der Waals surface area contributed by atoms with E-state index >= 15 is 0 Å². The van der Waals surface area contributed by atoms with Crippen LogP contribution >= 0.6 is 0 Å². The number of H-pyrrole nitrogens is 1. The van der Waals surface area contributed by atoms with Crippen LogP contribution in [0.3, 0.4) is 0 Å². The Morgan fingerprint density at radius 1 is 0.683 bits per heavy atom. The molecule has 342 valence electrons. The number of aryl methyl sites for hydroxylation is 1. The van der Waals surface area contributed by atoms with E-state index in [2.05, 4.69) is 36.0 Å². The van der Waals surface area contributed by atoms with Crippen LogP contribution in [0.15, 0.2) is 0 Å². The van der Waals surface area contributed by atoms with Crippen LogP contribution < -0.4 is 15.4 Å². The zero-order valence-corrected chi connectivity index (χ0v) is 35.9. The fourth-order valence-corrected chi connectivity index (χ4v) is 7.16. The lowest BCUT2D eigenvalue weighted by Gasteiger charge is -2.15. The van der Waals surface area contributed by atoms with Crippen LogP contribution in [0, 0.1) is 5.92 Å². The Kier molecular flexibility index (Phi) is 29.8. The van der Waals surface area contributed by atoms with Crippen LogP contribution in [0.5, 0.6) is 0 Å². The van der Waals surface area contributed by atoms with Gasteiger partial charge in [0.2, 0.25) is 27.7 Å². The second-order valence-corrected chi connectivity index (χ2v) is 16.7. The van der Waals surface area contributed by atoms with Crippen molar-refractivity contribution in [3.05, 3.63) is 5.82 Å². The summed E-state index contributed by atoms with van der Waals surface area (Å²) in [6.45, 7) is 1.25. The van der Waals surface area contributed by atoms with Gasteiger partial charge in [0.05, 0.1) is 31.5 Å². The molecule has 3 amide bonds. The number of carboxylic acids is 2. The highest BCUT2D eigenvalue weighted by molar-refractivity contribution is 7.90. The Bertz CT molecular complexity index is 1530. The average molecular weight is 874 g/mol. The molecule has 60 heavy (non-hydrogen) atoms. The summed E-state index contributed by atoms with van der Waals surface area (Å²) in [6.07, 6.45) is 14.3. The predicted molar refractivity (Wildman–Crippen MR) is 218 cm³/mol. The zero-order valence-electron chi connectivity index (χ0n) is 35.1. The number of carbonyl (C=O) groups excluding carboxylic acids is 5. The number of amides is 3. The predicted octanol–water partition coefficient (Wildman–Crippen LogP) is 2.96. The summed E-state index contributed by atoms with van der Waals surface area (Å²) in [5.41, 5.74) is 0. The lowest BCUT2D eigenvalue weighted by atomic mass is 9.97. The maximum atomic E-state index is 12.3. The van der Waals surface area contributed by atoms with Crippen LogP contribution in [-0.4, -0.2) is 125 Å². The monoisotopic (exact) mass is 873 g/mol. The third kappa shape index (κ3) is 30.6. The molecule has 0 aliphatic carbocycles. The Balaban J connectivity index is 2.01. The van der Waals surface area contributed by atoms with Crippen molar-refractivity contribution >= 4 is 51.2 Å². The van der Waals surface area contributed by atoms with Gasteiger partial charge in [-0.25, -0.2) is 13.2 Å². The Labute approximate surface area is 352 Å². The molecule has 0 aliphatic heterocycles. The van der Waals surface area contributed by atoms with E-state index in [4.69, 9.17) is 9.47 Å². The summed E-state index contributed by atoms with van der Waals surface area (Å²) in [6, 6.07) is -1.29. The molecule has 1 heterocycles. The molecule has 0 radical (unpaired) electrons. The number of ether oxygens (including phenoxy) is 2. The number of hydrogen-bond acceptors (Lipinski definition) is 14. The Morgan fingerprint density at radius 2 is 1.28 bits per heavy atom. The third-order valence-electron chi connectivity index (χ3n) is 9.44. The van der Waals surface area contributed by atoms with Gasteiger partial charge in [-0.05, 0) is 39.0 Å². The standard InChI is InChI=1S/C39H67N7O13S/c1-30(47)19-21-33(39(54)55)41-36(50)22-20-31(38(52)53)28-32(48)29-59-26-25-58-24-23-40-35(49)18-15-27-60(56,57)44-37(51)17-14-12-10-8-6-4-2-3-5-7-9-11-13-16-34-42-45-46-43-34/h31,33H,2-29H2,1H3,(H,40,49)(H,41,50)(H,44,51)(H,52,53)(H,54,55)(H,42,43,45,46)/t31-,33?/m1/s1. The van der Waals surface area contributed by atoms with Crippen molar-refractivity contribution in [1.82, 2.24) is 36.0 Å². The number of ketones is 2. The largest absolute Gasteiger partial charge is 0.481 e. The highest BCUT2D eigenvalue weighted by Crippen LogP contribution is 2.15. The van der Waals surface area contributed by atoms with Crippen LogP contribution in [0.1, 0.15) is 148 Å². The van der Waals surface area contributed by atoms with Crippen molar-refractivity contribution in [2.45, 2.75) is 154 Å². The van der Waals surface area contributed by atoms with Gasteiger partial charge in [0.1, 0.15) is 18.4 Å². The number of aromatic nitrogens is 4. The quantitative estimate of drug-likeness (QED) is 0.0517. The maximum absolute atomic E-state index is 12.3. The Hall–Kier alpha value is -4.37. The van der Waals surface area contributed by atoms with Crippen molar-refractivity contribution in [3.8, 4) is 0 Å². The van der Waals surface area contributed by atoms with E-state index in [0.717, 1.165) is 44.3 Å². The number of carboxylic acid groups (broad SMARTS) is 2. The molecule has 0 aromatic carbocycles. The van der Waals surface area contributed by atoms with Gasteiger partial charge in [-0.15, -0.1) is 10.2 Å². The van der Waals surface area contributed by atoms with E-state index in [0.29, 0.717) is 6.42 Å². The summed E-state index contributed by atoms with van der Waals surface area (Å²) in [5, 5.41) is 37.5. The molecule has 0 saturated carbocycles. The van der Waals surface area contributed by atoms with Crippen LogP contribution in [0.4, 0.5) is 0 Å². The SMILES string of the molecule is CC(=O)CCC(NC(=O)CC[C@H](CC(=O)COCCOCCNC(=O)CCCS(=O)(=O)NC(=O)CCCCCCCCCCCCCCCc1nn[nH]n1)C(=O)O)C(=O)O. The number of sulfonamides is 1. The first-order valence-corrected chi connectivity index (χ1v) is 22.8. The minimum absolute atomic E-state index is 0.00800. The van der Waals surface area contributed by atoms with Crippen LogP contribution in [0.2, 0.25) is 0 Å². The lowest BCUT2D eigenvalue weighted by Crippen LogP contribution is -2.41. The molecule has 0 aliphatic rings. The van der Waals surface area contributed by atoms with Gasteiger partial charge in [-0.3, -0.25) is 28.7 Å². The summed E-state index contributed by atoms with van der Waals surface area (Å²) < 4.78 is 37.2. The number of unbranched alkanes of at least 4 members (excludes halogenated alkanes) is 12. The molecule has 21 heteroatoms. The van der Waals surface area contributed by atoms with E-state index in [1.54, 1.807) is 0 Å². The molecular weight excluding hydrogens is 807 g/mol. The highest BCUT2D eigenvalue weighted by atomic mass is 32.2. The van der Waals surface area contributed by atoms with E-state index in [1.807, 2.05) is 0 Å². The molecule has 2 atom stereocenters. The van der Waals surface area contributed by atoms with Crippen molar-refractivity contribution in [2.24, 2.45) is 5.92 Å². The van der Waals surface area contributed by atoms with Gasteiger partial charge in [0.15, 0.2) is 11.6 Å².